The number of rotatable bonds is 4. The van der Waals surface area contributed by atoms with Crippen molar-refractivity contribution in [2.75, 3.05) is 18.4 Å². The van der Waals surface area contributed by atoms with Crippen LogP contribution in [-0.2, 0) is 4.79 Å². The zero-order chi connectivity index (χ0) is 17.3. The number of para-hydroxylation sites is 2. The number of nitrogens with one attached hydrogen (secondary N) is 2. The van der Waals surface area contributed by atoms with E-state index in [4.69, 9.17) is 16.3 Å². The van der Waals surface area contributed by atoms with Gasteiger partial charge in [-0.3, -0.25) is 4.79 Å². The molecule has 4 rings (SSSR count). The number of piperidine rings is 1. The van der Waals surface area contributed by atoms with Crippen molar-refractivity contribution in [3.8, 4) is 11.5 Å². The predicted molar refractivity (Wildman–Crippen MR) is 99.2 cm³/mol. The monoisotopic (exact) mass is 356 g/mol. The van der Waals surface area contributed by atoms with Crippen molar-refractivity contribution in [2.45, 2.75) is 19.3 Å². The minimum atomic E-state index is 0.106. The molecule has 1 aliphatic heterocycles. The second-order valence-corrected chi connectivity index (χ2v) is 7.35. The molecule has 1 unspecified atom stereocenters. The van der Waals surface area contributed by atoms with E-state index in [-0.39, 0.29) is 17.2 Å². The standard InChI is InChI=1S/C20H21ClN2O2/c21-14-5-7-15(8-6-14)25-18-4-2-1-3-17(18)23-19(24)16-13-20(16)9-11-22-12-10-20/h1-8,16,22H,9-13H2,(H,23,24). The van der Waals surface area contributed by atoms with Gasteiger partial charge in [0, 0.05) is 10.9 Å². The lowest BCUT2D eigenvalue weighted by atomic mass is 9.92. The normalized spacial score (nSPS) is 20.9. The lowest BCUT2D eigenvalue weighted by Crippen LogP contribution is -2.31. The van der Waals surface area contributed by atoms with Crippen molar-refractivity contribution in [1.82, 2.24) is 5.32 Å². The summed E-state index contributed by atoms with van der Waals surface area (Å²) in [7, 11) is 0. The second kappa shape index (κ2) is 6.70. The third-order valence-electron chi connectivity index (χ3n) is 5.29. The maximum atomic E-state index is 12.7. The Labute approximate surface area is 152 Å². The van der Waals surface area contributed by atoms with Gasteiger partial charge in [-0.05, 0) is 74.2 Å². The van der Waals surface area contributed by atoms with Crippen LogP contribution in [0.4, 0.5) is 5.69 Å². The van der Waals surface area contributed by atoms with Gasteiger partial charge in [-0.1, -0.05) is 23.7 Å². The molecule has 4 nitrogen and oxygen atoms in total. The van der Waals surface area contributed by atoms with Gasteiger partial charge in [0.2, 0.25) is 5.91 Å². The molecule has 2 aromatic carbocycles. The van der Waals surface area contributed by atoms with Gasteiger partial charge >= 0.3 is 0 Å². The Morgan fingerprint density at radius 3 is 2.60 bits per heavy atom. The molecule has 2 N–H and O–H groups in total. The van der Waals surface area contributed by atoms with Gasteiger partial charge in [-0.25, -0.2) is 0 Å². The predicted octanol–water partition coefficient (Wildman–Crippen LogP) is 4.46. The number of carbonyl (C=O) groups is 1. The molecular formula is C20H21ClN2O2. The van der Waals surface area contributed by atoms with E-state index < -0.39 is 0 Å². The molecule has 1 saturated heterocycles. The van der Waals surface area contributed by atoms with E-state index in [0.717, 1.165) is 32.4 Å². The fourth-order valence-electron chi connectivity index (χ4n) is 3.70. The largest absolute Gasteiger partial charge is 0.455 e. The highest BCUT2D eigenvalue weighted by molar-refractivity contribution is 6.30. The van der Waals surface area contributed by atoms with Crippen LogP contribution in [0.15, 0.2) is 48.5 Å². The summed E-state index contributed by atoms with van der Waals surface area (Å²) in [5.41, 5.74) is 0.930. The minimum Gasteiger partial charge on any atom is -0.455 e. The smallest absolute Gasteiger partial charge is 0.228 e. The quantitative estimate of drug-likeness (QED) is 0.850. The van der Waals surface area contributed by atoms with Crippen LogP contribution in [0.1, 0.15) is 19.3 Å². The van der Waals surface area contributed by atoms with Gasteiger partial charge in [0.05, 0.1) is 5.69 Å². The topological polar surface area (TPSA) is 50.4 Å². The third kappa shape index (κ3) is 3.51. The molecule has 0 aromatic heterocycles. The number of halogens is 1. The SMILES string of the molecule is O=C(Nc1ccccc1Oc1ccc(Cl)cc1)C1CC12CCNCC2. The lowest BCUT2D eigenvalue weighted by Gasteiger charge is -2.23. The van der Waals surface area contributed by atoms with Crippen molar-refractivity contribution in [3.05, 3.63) is 53.6 Å². The van der Waals surface area contributed by atoms with Gasteiger partial charge in [-0.2, -0.15) is 0 Å². The zero-order valence-corrected chi connectivity index (χ0v) is 14.7. The summed E-state index contributed by atoms with van der Waals surface area (Å²) in [6.07, 6.45) is 3.18. The van der Waals surface area contributed by atoms with E-state index in [1.807, 2.05) is 36.4 Å². The summed E-state index contributed by atoms with van der Waals surface area (Å²) in [4.78, 5) is 12.7. The highest BCUT2D eigenvalue weighted by Gasteiger charge is 2.57. The molecule has 0 bridgehead atoms. The first-order valence-corrected chi connectivity index (χ1v) is 9.08. The van der Waals surface area contributed by atoms with Crippen molar-refractivity contribution >= 4 is 23.2 Å². The molecule has 2 aliphatic rings. The van der Waals surface area contributed by atoms with Crippen LogP contribution in [0.5, 0.6) is 11.5 Å². The average Bonchev–Trinajstić information content (AvgIpc) is 3.32. The van der Waals surface area contributed by atoms with Crippen LogP contribution in [-0.4, -0.2) is 19.0 Å². The van der Waals surface area contributed by atoms with Crippen molar-refractivity contribution in [1.29, 1.82) is 0 Å². The number of benzene rings is 2. The van der Waals surface area contributed by atoms with Crippen LogP contribution in [0.3, 0.4) is 0 Å². The van der Waals surface area contributed by atoms with Gasteiger partial charge in [-0.15, -0.1) is 0 Å². The van der Waals surface area contributed by atoms with Gasteiger partial charge in [0.15, 0.2) is 5.75 Å². The molecule has 0 radical (unpaired) electrons. The molecule has 1 aliphatic carbocycles. The van der Waals surface area contributed by atoms with Crippen LogP contribution in [0.2, 0.25) is 5.02 Å². The Kier molecular flexibility index (Phi) is 4.40. The fourth-order valence-corrected chi connectivity index (χ4v) is 3.83. The van der Waals surface area contributed by atoms with E-state index in [1.165, 1.54) is 0 Å². The summed E-state index contributed by atoms with van der Waals surface area (Å²) in [6.45, 7) is 2.03. The number of ether oxygens (including phenoxy) is 1. The Bertz CT molecular complexity index is 770. The van der Waals surface area contributed by atoms with E-state index in [2.05, 4.69) is 10.6 Å². The van der Waals surface area contributed by atoms with E-state index in [9.17, 15) is 4.79 Å². The minimum absolute atomic E-state index is 0.106. The van der Waals surface area contributed by atoms with Crippen LogP contribution in [0, 0.1) is 11.3 Å². The van der Waals surface area contributed by atoms with Gasteiger partial charge < -0.3 is 15.4 Å². The lowest BCUT2D eigenvalue weighted by molar-refractivity contribution is -0.118. The highest BCUT2D eigenvalue weighted by atomic mass is 35.5. The Morgan fingerprint density at radius 2 is 1.84 bits per heavy atom. The first-order chi connectivity index (χ1) is 12.2. The molecule has 25 heavy (non-hydrogen) atoms. The van der Waals surface area contributed by atoms with Gasteiger partial charge in [0.1, 0.15) is 5.75 Å². The maximum Gasteiger partial charge on any atom is 0.228 e. The first-order valence-electron chi connectivity index (χ1n) is 8.70. The van der Waals surface area contributed by atoms with E-state index in [1.54, 1.807) is 12.1 Å². The molecule has 1 atom stereocenters. The molecular weight excluding hydrogens is 336 g/mol. The Morgan fingerprint density at radius 1 is 1.12 bits per heavy atom. The number of carbonyl (C=O) groups excluding carboxylic acids is 1. The molecule has 1 heterocycles. The molecule has 5 heteroatoms. The Balaban J connectivity index is 1.46. The maximum absolute atomic E-state index is 12.7. The van der Waals surface area contributed by atoms with Crippen molar-refractivity contribution in [2.24, 2.45) is 11.3 Å². The van der Waals surface area contributed by atoms with Crippen LogP contribution < -0.4 is 15.4 Å². The van der Waals surface area contributed by atoms with Crippen LogP contribution in [0.25, 0.3) is 0 Å². The summed E-state index contributed by atoms with van der Waals surface area (Å²) in [5, 5.41) is 7.10. The zero-order valence-electron chi connectivity index (χ0n) is 13.9. The third-order valence-corrected chi connectivity index (χ3v) is 5.54. The number of hydrogen-bond donors (Lipinski definition) is 2. The summed E-state index contributed by atoms with van der Waals surface area (Å²) < 4.78 is 5.92. The number of anilines is 1. The average molecular weight is 357 g/mol. The molecule has 1 spiro atoms. The second-order valence-electron chi connectivity index (χ2n) is 6.91. The Hall–Kier alpha value is -2.04. The first kappa shape index (κ1) is 16.4. The number of amides is 1. The van der Waals surface area contributed by atoms with Crippen molar-refractivity contribution in [3.63, 3.8) is 0 Å². The molecule has 2 fully saturated rings. The summed E-state index contributed by atoms with van der Waals surface area (Å²) >= 11 is 5.91. The van der Waals surface area contributed by atoms with Gasteiger partial charge in [0.25, 0.3) is 0 Å². The summed E-state index contributed by atoms with van der Waals surface area (Å²) in [6, 6.07) is 14.7. The highest BCUT2D eigenvalue weighted by Crippen LogP contribution is 2.58. The van der Waals surface area contributed by atoms with E-state index in [0.29, 0.717) is 22.2 Å². The molecule has 2 aromatic rings. The van der Waals surface area contributed by atoms with Crippen molar-refractivity contribution < 1.29 is 9.53 Å². The molecule has 130 valence electrons. The fraction of sp³-hybridized carbons (Fsp3) is 0.350. The molecule has 1 amide bonds. The number of hydrogen-bond acceptors (Lipinski definition) is 3. The van der Waals surface area contributed by atoms with Crippen LogP contribution >= 0.6 is 11.6 Å². The molecule has 1 saturated carbocycles. The summed E-state index contributed by atoms with van der Waals surface area (Å²) in [5.74, 6) is 1.55. The van der Waals surface area contributed by atoms with E-state index >= 15 is 0 Å².